The van der Waals surface area contributed by atoms with E-state index in [1.807, 2.05) is 37.3 Å². The Balaban J connectivity index is 1.59. The summed E-state index contributed by atoms with van der Waals surface area (Å²) < 4.78 is 11.0. The molecule has 126 valence electrons. The SMILES string of the molecule is CCOc1ccc2cc(C(=O)Nc3ccc4nc(C)oc4c3)[nH]c2c1. The number of hydrogen-bond acceptors (Lipinski definition) is 4. The summed E-state index contributed by atoms with van der Waals surface area (Å²) in [6, 6.07) is 12.9. The number of nitrogens with one attached hydrogen (secondary N) is 2. The van der Waals surface area contributed by atoms with Crippen LogP contribution in [0, 0.1) is 6.92 Å². The lowest BCUT2D eigenvalue weighted by Crippen LogP contribution is -2.12. The summed E-state index contributed by atoms with van der Waals surface area (Å²) in [6.45, 7) is 4.33. The summed E-state index contributed by atoms with van der Waals surface area (Å²) >= 11 is 0. The minimum atomic E-state index is -0.218. The van der Waals surface area contributed by atoms with Crippen LogP contribution < -0.4 is 10.1 Å². The minimum Gasteiger partial charge on any atom is -0.494 e. The van der Waals surface area contributed by atoms with Gasteiger partial charge in [0.25, 0.3) is 5.91 Å². The molecule has 0 saturated heterocycles. The van der Waals surface area contributed by atoms with E-state index in [1.54, 1.807) is 19.1 Å². The van der Waals surface area contributed by atoms with E-state index in [-0.39, 0.29) is 5.91 Å². The smallest absolute Gasteiger partial charge is 0.272 e. The van der Waals surface area contributed by atoms with Gasteiger partial charge in [-0.15, -0.1) is 0 Å². The molecule has 0 bridgehead atoms. The van der Waals surface area contributed by atoms with Gasteiger partial charge in [-0.05, 0) is 37.3 Å². The number of oxazole rings is 1. The Kier molecular flexibility index (Phi) is 3.65. The number of ether oxygens (including phenoxy) is 1. The Bertz CT molecular complexity index is 1080. The molecule has 2 heterocycles. The number of benzene rings is 2. The van der Waals surface area contributed by atoms with Crippen LogP contribution in [0.5, 0.6) is 5.75 Å². The second kappa shape index (κ2) is 5.98. The van der Waals surface area contributed by atoms with E-state index in [0.717, 1.165) is 22.2 Å². The van der Waals surface area contributed by atoms with Crippen LogP contribution >= 0.6 is 0 Å². The third kappa shape index (κ3) is 2.94. The zero-order chi connectivity index (χ0) is 17.4. The second-order valence-corrected chi connectivity index (χ2v) is 5.73. The topological polar surface area (TPSA) is 80.2 Å². The van der Waals surface area contributed by atoms with Crippen molar-refractivity contribution in [1.29, 1.82) is 0 Å². The number of rotatable bonds is 4. The molecule has 0 atom stereocenters. The van der Waals surface area contributed by atoms with E-state index >= 15 is 0 Å². The van der Waals surface area contributed by atoms with E-state index in [9.17, 15) is 4.79 Å². The largest absolute Gasteiger partial charge is 0.494 e. The summed E-state index contributed by atoms with van der Waals surface area (Å²) in [5.41, 5.74) is 3.41. The highest BCUT2D eigenvalue weighted by molar-refractivity contribution is 6.06. The lowest BCUT2D eigenvalue weighted by atomic mass is 10.2. The predicted octanol–water partition coefficient (Wildman–Crippen LogP) is 4.27. The van der Waals surface area contributed by atoms with Crippen molar-refractivity contribution < 1.29 is 13.9 Å². The Morgan fingerprint density at radius 3 is 2.96 bits per heavy atom. The standard InChI is InChI=1S/C19H17N3O3/c1-3-24-14-6-4-12-8-17(22-16(12)10-14)19(23)21-13-5-7-15-18(9-13)25-11(2)20-15/h4-10,22H,3H2,1-2H3,(H,21,23). The highest BCUT2D eigenvalue weighted by atomic mass is 16.5. The number of H-pyrrole nitrogens is 1. The summed E-state index contributed by atoms with van der Waals surface area (Å²) in [5, 5.41) is 3.82. The second-order valence-electron chi connectivity index (χ2n) is 5.73. The van der Waals surface area contributed by atoms with Gasteiger partial charge >= 0.3 is 0 Å². The molecule has 0 unspecified atom stereocenters. The molecular formula is C19H17N3O3. The first kappa shape index (κ1) is 15.3. The number of carbonyl (C=O) groups is 1. The van der Waals surface area contributed by atoms with Crippen LogP contribution in [0.3, 0.4) is 0 Å². The van der Waals surface area contributed by atoms with Gasteiger partial charge in [0.1, 0.15) is 17.0 Å². The Morgan fingerprint density at radius 2 is 2.12 bits per heavy atom. The van der Waals surface area contributed by atoms with Crippen molar-refractivity contribution in [3.63, 3.8) is 0 Å². The molecule has 4 rings (SSSR count). The van der Waals surface area contributed by atoms with Crippen LogP contribution in [0.2, 0.25) is 0 Å². The van der Waals surface area contributed by atoms with E-state index in [2.05, 4.69) is 15.3 Å². The Labute approximate surface area is 143 Å². The predicted molar refractivity (Wildman–Crippen MR) is 96.2 cm³/mol. The molecular weight excluding hydrogens is 318 g/mol. The van der Waals surface area contributed by atoms with Crippen LogP contribution in [0.4, 0.5) is 5.69 Å². The summed E-state index contributed by atoms with van der Waals surface area (Å²) in [6.07, 6.45) is 0. The van der Waals surface area contributed by atoms with Crippen LogP contribution in [-0.4, -0.2) is 22.5 Å². The first-order valence-corrected chi connectivity index (χ1v) is 8.06. The number of aromatic amines is 1. The molecule has 2 aromatic carbocycles. The van der Waals surface area contributed by atoms with E-state index in [4.69, 9.17) is 9.15 Å². The van der Waals surface area contributed by atoms with Gasteiger partial charge in [-0.25, -0.2) is 4.98 Å². The zero-order valence-electron chi connectivity index (χ0n) is 13.9. The molecule has 25 heavy (non-hydrogen) atoms. The number of nitrogens with zero attached hydrogens (tertiary/aromatic N) is 1. The van der Waals surface area contributed by atoms with Gasteiger partial charge < -0.3 is 19.5 Å². The lowest BCUT2D eigenvalue weighted by Gasteiger charge is -2.03. The maximum absolute atomic E-state index is 12.5. The number of fused-ring (bicyclic) bond motifs is 2. The van der Waals surface area contributed by atoms with Crippen molar-refractivity contribution >= 4 is 33.6 Å². The fourth-order valence-corrected chi connectivity index (χ4v) is 2.80. The molecule has 0 spiro atoms. The molecule has 0 aliphatic heterocycles. The van der Waals surface area contributed by atoms with E-state index < -0.39 is 0 Å². The molecule has 2 aromatic heterocycles. The van der Waals surface area contributed by atoms with Crippen LogP contribution in [0.1, 0.15) is 23.3 Å². The molecule has 0 fully saturated rings. The van der Waals surface area contributed by atoms with Gasteiger partial charge in [-0.2, -0.15) is 0 Å². The monoisotopic (exact) mass is 335 g/mol. The van der Waals surface area contributed by atoms with E-state index in [0.29, 0.717) is 29.5 Å². The Morgan fingerprint density at radius 1 is 1.24 bits per heavy atom. The van der Waals surface area contributed by atoms with Crippen molar-refractivity contribution in [2.75, 3.05) is 11.9 Å². The average Bonchev–Trinajstić information content (AvgIpc) is 3.16. The van der Waals surface area contributed by atoms with Gasteiger partial charge in [0.2, 0.25) is 0 Å². The number of aryl methyl sites for hydroxylation is 1. The highest BCUT2D eigenvalue weighted by Crippen LogP contribution is 2.23. The first-order valence-electron chi connectivity index (χ1n) is 8.06. The molecule has 0 saturated carbocycles. The van der Waals surface area contributed by atoms with Crippen molar-refractivity contribution in [3.8, 4) is 5.75 Å². The Hall–Kier alpha value is -3.28. The molecule has 1 amide bonds. The fraction of sp³-hybridized carbons (Fsp3) is 0.158. The van der Waals surface area contributed by atoms with Crippen LogP contribution in [0.25, 0.3) is 22.0 Å². The maximum Gasteiger partial charge on any atom is 0.272 e. The number of carbonyl (C=O) groups excluding carboxylic acids is 1. The summed E-state index contributed by atoms with van der Waals surface area (Å²) in [7, 11) is 0. The molecule has 6 nitrogen and oxygen atoms in total. The first-order chi connectivity index (χ1) is 12.1. The minimum absolute atomic E-state index is 0.218. The van der Waals surface area contributed by atoms with E-state index in [1.165, 1.54) is 0 Å². The zero-order valence-corrected chi connectivity index (χ0v) is 13.9. The molecule has 0 aliphatic rings. The molecule has 6 heteroatoms. The maximum atomic E-state index is 12.5. The highest BCUT2D eigenvalue weighted by Gasteiger charge is 2.12. The molecule has 2 N–H and O–H groups in total. The number of amides is 1. The third-order valence-corrected chi connectivity index (χ3v) is 3.90. The number of anilines is 1. The third-order valence-electron chi connectivity index (χ3n) is 3.90. The number of hydrogen-bond donors (Lipinski definition) is 2. The van der Waals surface area contributed by atoms with Crippen LogP contribution in [0.15, 0.2) is 46.9 Å². The molecule has 4 aromatic rings. The van der Waals surface area contributed by atoms with Gasteiger partial charge in [-0.3, -0.25) is 4.79 Å². The molecule has 0 radical (unpaired) electrons. The summed E-state index contributed by atoms with van der Waals surface area (Å²) in [4.78, 5) is 19.9. The van der Waals surface area contributed by atoms with Crippen molar-refractivity contribution in [1.82, 2.24) is 9.97 Å². The number of aromatic nitrogens is 2. The van der Waals surface area contributed by atoms with Crippen molar-refractivity contribution in [3.05, 3.63) is 54.0 Å². The molecule has 0 aliphatic carbocycles. The van der Waals surface area contributed by atoms with Gasteiger partial charge in [0.05, 0.1) is 6.61 Å². The van der Waals surface area contributed by atoms with Gasteiger partial charge in [-0.1, -0.05) is 0 Å². The van der Waals surface area contributed by atoms with Crippen molar-refractivity contribution in [2.45, 2.75) is 13.8 Å². The quantitative estimate of drug-likeness (QED) is 0.584. The van der Waals surface area contributed by atoms with Crippen molar-refractivity contribution in [2.24, 2.45) is 0 Å². The van der Waals surface area contributed by atoms with Gasteiger partial charge in [0.15, 0.2) is 11.5 Å². The fourth-order valence-electron chi connectivity index (χ4n) is 2.80. The normalized spacial score (nSPS) is 11.1. The average molecular weight is 335 g/mol. The summed E-state index contributed by atoms with van der Waals surface area (Å²) in [5.74, 6) is 1.15. The van der Waals surface area contributed by atoms with Gasteiger partial charge in [0, 0.05) is 35.6 Å². The van der Waals surface area contributed by atoms with Crippen LogP contribution in [-0.2, 0) is 0 Å². The lowest BCUT2D eigenvalue weighted by molar-refractivity contribution is 0.102.